The Labute approximate surface area is 199 Å². The molecule has 0 aromatic heterocycles. The van der Waals surface area contributed by atoms with Crippen molar-refractivity contribution in [2.45, 2.75) is 33.0 Å². The zero-order valence-electron chi connectivity index (χ0n) is 19.5. The van der Waals surface area contributed by atoms with Crippen molar-refractivity contribution in [1.29, 1.82) is 0 Å². The molecular formula is C28H27FN2O3. The molecule has 3 aromatic rings. The Morgan fingerprint density at radius 3 is 2.18 bits per heavy atom. The van der Waals surface area contributed by atoms with E-state index in [9.17, 15) is 14.0 Å². The average Bonchev–Trinajstić information content (AvgIpc) is 3.06. The number of nitrogens with zero attached hydrogens (tertiary/aromatic N) is 2. The van der Waals surface area contributed by atoms with E-state index in [1.165, 1.54) is 6.07 Å². The molecule has 0 bridgehead atoms. The molecule has 0 aliphatic carbocycles. The van der Waals surface area contributed by atoms with Crippen molar-refractivity contribution >= 4 is 17.4 Å². The molecule has 4 rings (SSSR count). The Balaban J connectivity index is 1.72. The van der Waals surface area contributed by atoms with Crippen LogP contribution in [0.5, 0.6) is 5.75 Å². The van der Waals surface area contributed by atoms with Crippen LogP contribution in [0.2, 0.25) is 0 Å². The molecule has 1 aliphatic rings. The molecule has 0 fully saturated rings. The van der Waals surface area contributed by atoms with Gasteiger partial charge in [0, 0.05) is 19.2 Å². The molecule has 0 spiro atoms. The first kappa shape index (κ1) is 23.2. The molecule has 6 heteroatoms. The van der Waals surface area contributed by atoms with E-state index in [2.05, 4.69) is 0 Å². The largest absolute Gasteiger partial charge is 0.491 e. The Morgan fingerprint density at radius 2 is 1.53 bits per heavy atom. The molecule has 1 heterocycles. The topological polar surface area (TPSA) is 49.9 Å². The lowest BCUT2D eigenvalue weighted by molar-refractivity contribution is -0.138. The summed E-state index contributed by atoms with van der Waals surface area (Å²) >= 11 is 0. The number of ether oxygens (including phenoxy) is 1. The maximum Gasteiger partial charge on any atom is 0.278 e. The van der Waals surface area contributed by atoms with E-state index in [4.69, 9.17) is 4.74 Å². The van der Waals surface area contributed by atoms with Crippen LogP contribution in [-0.2, 0) is 22.7 Å². The van der Waals surface area contributed by atoms with Crippen molar-refractivity contribution in [3.8, 4) is 5.75 Å². The zero-order valence-corrected chi connectivity index (χ0v) is 19.5. The molecule has 5 nitrogen and oxygen atoms in total. The molecule has 0 unspecified atom stereocenters. The van der Waals surface area contributed by atoms with Crippen molar-refractivity contribution in [2.24, 2.45) is 0 Å². The number of carbonyl (C=O) groups excluding carboxylic acids is 2. The van der Waals surface area contributed by atoms with Gasteiger partial charge in [-0.3, -0.25) is 14.5 Å². The van der Waals surface area contributed by atoms with E-state index in [1.54, 1.807) is 54.4 Å². The summed E-state index contributed by atoms with van der Waals surface area (Å²) in [5.74, 6) is -0.658. The first-order chi connectivity index (χ1) is 16.3. The van der Waals surface area contributed by atoms with Crippen molar-refractivity contribution < 1.29 is 18.7 Å². The number of hydrogen-bond acceptors (Lipinski definition) is 4. The second-order valence-electron chi connectivity index (χ2n) is 8.54. The predicted molar refractivity (Wildman–Crippen MR) is 129 cm³/mol. The number of halogens is 1. The van der Waals surface area contributed by atoms with Crippen LogP contribution in [0.3, 0.4) is 0 Å². The maximum atomic E-state index is 14.3. The van der Waals surface area contributed by atoms with E-state index >= 15 is 0 Å². The molecule has 1 aliphatic heterocycles. The Kier molecular flexibility index (Phi) is 6.77. The number of rotatable bonds is 8. The standard InChI is InChI=1S/C28H27FN2O3/c1-19(2)34-23-15-13-21(14-16-23)25-26(30(3)17-20-9-5-4-6-10-20)28(33)31(27(25)32)18-22-11-7-8-12-24(22)29/h4-16,19H,17-18H2,1-3H3. The highest BCUT2D eigenvalue weighted by molar-refractivity contribution is 6.35. The normalized spacial score (nSPS) is 13.7. The number of carbonyl (C=O) groups is 2. The Bertz CT molecular complexity index is 1220. The molecule has 174 valence electrons. The summed E-state index contributed by atoms with van der Waals surface area (Å²) in [4.78, 5) is 29.9. The molecular weight excluding hydrogens is 431 g/mol. The van der Waals surface area contributed by atoms with E-state index in [0.717, 1.165) is 10.5 Å². The predicted octanol–water partition coefficient (Wildman–Crippen LogP) is 5.03. The van der Waals surface area contributed by atoms with Crippen LogP contribution >= 0.6 is 0 Å². The smallest absolute Gasteiger partial charge is 0.278 e. The van der Waals surface area contributed by atoms with Crippen LogP contribution in [0.1, 0.15) is 30.5 Å². The third kappa shape index (κ3) is 4.86. The average molecular weight is 459 g/mol. The van der Waals surface area contributed by atoms with Crippen molar-refractivity contribution in [1.82, 2.24) is 9.80 Å². The minimum absolute atomic E-state index is 0.0172. The van der Waals surface area contributed by atoms with Gasteiger partial charge in [-0.1, -0.05) is 60.7 Å². The van der Waals surface area contributed by atoms with E-state index < -0.39 is 17.6 Å². The Morgan fingerprint density at radius 1 is 0.882 bits per heavy atom. The van der Waals surface area contributed by atoms with Gasteiger partial charge in [-0.05, 0) is 43.2 Å². The summed E-state index contributed by atoms with van der Waals surface area (Å²) < 4.78 is 20.0. The minimum Gasteiger partial charge on any atom is -0.491 e. The lowest BCUT2D eigenvalue weighted by Gasteiger charge is -2.22. The lowest BCUT2D eigenvalue weighted by atomic mass is 10.0. The number of imide groups is 1. The number of hydrogen-bond donors (Lipinski definition) is 0. The lowest BCUT2D eigenvalue weighted by Crippen LogP contribution is -2.34. The van der Waals surface area contributed by atoms with Crippen molar-refractivity contribution in [3.05, 3.63) is 107 Å². The van der Waals surface area contributed by atoms with E-state index in [0.29, 0.717) is 29.1 Å². The number of likely N-dealkylation sites (N-methyl/N-ethyl adjacent to an activating group) is 1. The van der Waals surface area contributed by atoms with Crippen LogP contribution in [0.15, 0.2) is 84.6 Å². The van der Waals surface area contributed by atoms with Crippen LogP contribution in [0, 0.1) is 5.82 Å². The van der Waals surface area contributed by atoms with Gasteiger partial charge in [0.1, 0.15) is 17.3 Å². The zero-order chi connectivity index (χ0) is 24.2. The summed E-state index contributed by atoms with van der Waals surface area (Å²) in [6, 6.07) is 23.0. The molecule has 0 saturated heterocycles. The Hall–Kier alpha value is -3.93. The van der Waals surface area contributed by atoms with Gasteiger partial charge in [0.05, 0.1) is 18.2 Å². The number of amides is 2. The highest BCUT2D eigenvalue weighted by Gasteiger charge is 2.41. The first-order valence-corrected chi connectivity index (χ1v) is 11.2. The van der Waals surface area contributed by atoms with Gasteiger partial charge in [-0.2, -0.15) is 0 Å². The molecule has 0 saturated carbocycles. The van der Waals surface area contributed by atoms with Gasteiger partial charge in [-0.15, -0.1) is 0 Å². The molecule has 2 amide bonds. The molecule has 0 N–H and O–H groups in total. The second kappa shape index (κ2) is 9.91. The van der Waals surface area contributed by atoms with Gasteiger partial charge < -0.3 is 9.64 Å². The van der Waals surface area contributed by atoms with Gasteiger partial charge in [0.2, 0.25) is 0 Å². The summed E-state index contributed by atoms with van der Waals surface area (Å²) in [5.41, 5.74) is 2.50. The van der Waals surface area contributed by atoms with Crippen LogP contribution in [-0.4, -0.2) is 34.8 Å². The second-order valence-corrected chi connectivity index (χ2v) is 8.54. The van der Waals surface area contributed by atoms with Crippen LogP contribution in [0.25, 0.3) is 5.57 Å². The summed E-state index contributed by atoms with van der Waals surface area (Å²) in [7, 11) is 1.79. The highest BCUT2D eigenvalue weighted by Crippen LogP contribution is 2.34. The first-order valence-electron chi connectivity index (χ1n) is 11.2. The highest BCUT2D eigenvalue weighted by atomic mass is 19.1. The summed E-state index contributed by atoms with van der Waals surface area (Å²) in [6.45, 7) is 4.19. The van der Waals surface area contributed by atoms with Gasteiger partial charge in [-0.25, -0.2) is 4.39 Å². The minimum atomic E-state index is -0.453. The summed E-state index contributed by atoms with van der Waals surface area (Å²) in [5, 5.41) is 0. The third-order valence-corrected chi connectivity index (χ3v) is 5.59. The monoisotopic (exact) mass is 458 g/mol. The summed E-state index contributed by atoms with van der Waals surface area (Å²) in [6.07, 6.45) is 0.0172. The maximum absolute atomic E-state index is 14.3. The van der Waals surface area contributed by atoms with Gasteiger partial charge in [0.15, 0.2) is 0 Å². The molecule has 3 aromatic carbocycles. The van der Waals surface area contributed by atoms with Gasteiger partial charge >= 0.3 is 0 Å². The molecule has 0 radical (unpaired) electrons. The SMILES string of the molecule is CC(C)Oc1ccc(C2=C(N(C)Cc3ccccc3)C(=O)N(Cc3ccccc3F)C2=O)cc1. The fourth-order valence-corrected chi connectivity index (χ4v) is 4.03. The fraction of sp³-hybridized carbons (Fsp3) is 0.214. The quantitative estimate of drug-likeness (QED) is 0.445. The fourth-order valence-electron chi connectivity index (χ4n) is 4.03. The van der Waals surface area contributed by atoms with Crippen molar-refractivity contribution in [2.75, 3.05) is 7.05 Å². The third-order valence-electron chi connectivity index (χ3n) is 5.59. The molecule has 0 atom stereocenters. The van der Waals surface area contributed by atoms with Gasteiger partial charge in [0.25, 0.3) is 11.8 Å². The molecule has 34 heavy (non-hydrogen) atoms. The van der Waals surface area contributed by atoms with E-state index in [-0.39, 0.29) is 18.2 Å². The van der Waals surface area contributed by atoms with Crippen LogP contribution < -0.4 is 4.74 Å². The number of benzene rings is 3. The van der Waals surface area contributed by atoms with E-state index in [1.807, 2.05) is 44.2 Å². The van der Waals surface area contributed by atoms with Crippen LogP contribution in [0.4, 0.5) is 4.39 Å². The van der Waals surface area contributed by atoms with Crippen molar-refractivity contribution in [3.63, 3.8) is 0 Å².